The van der Waals surface area contributed by atoms with Gasteiger partial charge in [-0.1, -0.05) is 35.9 Å². The van der Waals surface area contributed by atoms with Gasteiger partial charge in [0.15, 0.2) is 0 Å². The number of halogens is 2. The molecule has 0 amide bonds. The summed E-state index contributed by atoms with van der Waals surface area (Å²) >= 11 is 5.87. The van der Waals surface area contributed by atoms with Gasteiger partial charge in [-0.25, -0.2) is 9.37 Å². The van der Waals surface area contributed by atoms with Gasteiger partial charge < -0.3 is 15.4 Å². The number of para-hydroxylation sites is 1. The average Bonchev–Trinajstić information content (AvgIpc) is 2.75. The highest BCUT2D eigenvalue weighted by Crippen LogP contribution is 2.26. The number of benzene rings is 3. The lowest BCUT2D eigenvalue weighted by molar-refractivity contribution is 0.414. The molecule has 0 bridgehead atoms. The first-order valence-electron chi connectivity index (χ1n) is 8.98. The van der Waals surface area contributed by atoms with Crippen LogP contribution in [0.1, 0.15) is 5.56 Å². The monoisotopic (exact) mass is 408 g/mol. The number of methoxy groups -OCH3 is 1. The molecule has 1 heterocycles. The first kappa shape index (κ1) is 19.0. The molecule has 29 heavy (non-hydrogen) atoms. The molecule has 4 aromatic rings. The van der Waals surface area contributed by atoms with E-state index in [-0.39, 0.29) is 5.02 Å². The van der Waals surface area contributed by atoms with E-state index in [9.17, 15) is 4.39 Å². The van der Waals surface area contributed by atoms with E-state index in [0.717, 1.165) is 22.2 Å². The van der Waals surface area contributed by atoms with Gasteiger partial charge in [-0.05, 0) is 48.0 Å². The predicted molar refractivity (Wildman–Crippen MR) is 115 cm³/mol. The summed E-state index contributed by atoms with van der Waals surface area (Å²) in [5.74, 6) is 1.43. The maximum absolute atomic E-state index is 13.4. The van der Waals surface area contributed by atoms with E-state index in [1.165, 1.54) is 12.1 Å². The molecule has 7 heteroatoms. The number of hydrogen-bond donors (Lipinski definition) is 2. The Kier molecular flexibility index (Phi) is 5.44. The van der Waals surface area contributed by atoms with Crippen molar-refractivity contribution in [3.63, 3.8) is 0 Å². The van der Waals surface area contributed by atoms with Crippen LogP contribution in [-0.4, -0.2) is 17.1 Å². The Bertz CT molecular complexity index is 1150. The van der Waals surface area contributed by atoms with Crippen LogP contribution in [0.3, 0.4) is 0 Å². The molecule has 0 fully saturated rings. The fourth-order valence-corrected chi connectivity index (χ4v) is 3.08. The highest BCUT2D eigenvalue weighted by molar-refractivity contribution is 6.31. The van der Waals surface area contributed by atoms with Crippen LogP contribution in [0, 0.1) is 5.82 Å². The molecule has 1 aromatic heterocycles. The van der Waals surface area contributed by atoms with Crippen molar-refractivity contribution < 1.29 is 9.13 Å². The zero-order valence-corrected chi connectivity index (χ0v) is 16.4. The second-order valence-electron chi connectivity index (χ2n) is 6.37. The van der Waals surface area contributed by atoms with Crippen LogP contribution in [0.25, 0.3) is 10.9 Å². The third-order valence-electron chi connectivity index (χ3n) is 4.40. The summed E-state index contributed by atoms with van der Waals surface area (Å²) in [5.41, 5.74) is 2.48. The summed E-state index contributed by atoms with van der Waals surface area (Å²) in [6, 6.07) is 19.9. The van der Waals surface area contributed by atoms with Gasteiger partial charge in [0.1, 0.15) is 17.4 Å². The minimum absolute atomic E-state index is 0.0358. The molecular formula is C22H18ClFN4O. The van der Waals surface area contributed by atoms with Crippen molar-refractivity contribution in [2.24, 2.45) is 0 Å². The smallest absolute Gasteiger partial charge is 0.229 e. The van der Waals surface area contributed by atoms with E-state index in [0.29, 0.717) is 24.0 Å². The number of rotatable bonds is 6. The quantitative estimate of drug-likeness (QED) is 0.423. The molecule has 5 nitrogen and oxygen atoms in total. The Morgan fingerprint density at radius 3 is 2.55 bits per heavy atom. The molecule has 0 atom stereocenters. The highest BCUT2D eigenvalue weighted by Gasteiger charge is 2.09. The first-order valence-corrected chi connectivity index (χ1v) is 9.36. The van der Waals surface area contributed by atoms with E-state index in [2.05, 4.69) is 20.6 Å². The number of ether oxygens (including phenoxy) is 1. The predicted octanol–water partition coefficient (Wildman–Crippen LogP) is 5.79. The standard InChI is InChI=1S/C22H18ClFN4O/c1-29-16-9-6-14(7-10-16)13-25-21-17-4-2-3-5-20(17)27-22(28-21)26-15-8-11-19(24)18(23)12-15/h2-12H,13H2,1H3,(H2,25,26,27,28). The Morgan fingerprint density at radius 1 is 1.00 bits per heavy atom. The van der Waals surface area contributed by atoms with E-state index in [4.69, 9.17) is 16.3 Å². The zero-order chi connectivity index (χ0) is 20.2. The van der Waals surface area contributed by atoms with Crippen molar-refractivity contribution in [1.29, 1.82) is 0 Å². The molecule has 0 aliphatic rings. The topological polar surface area (TPSA) is 59.1 Å². The van der Waals surface area contributed by atoms with Crippen LogP contribution >= 0.6 is 11.6 Å². The summed E-state index contributed by atoms with van der Waals surface area (Å²) in [7, 11) is 1.64. The molecular weight excluding hydrogens is 391 g/mol. The van der Waals surface area contributed by atoms with Crippen LogP contribution in [0.5, 0.6) is 5.75 Å². The van der Waals surface area contributed by atoms with Crippen molar-refractivity contribution in [3.8, 4) is 5.75 Å². The molecule has 0 unspecified atom stereocenters. The average molecular weight is 409 g/mol. The first-order chi connectivity index (χ1) is 14.1. The summed E-state index contributed by atoms with van der Waals surface area (Å²) in [4.78, 5) is 9.15. The summed E-state index contributed by atoms with van der Waals surface area (Å²) < 4.78 is 18.6. The largest absolute Gasteiger partial charge is 0.497 e. The fourth-order valence-electron chi connectivity index (χ4n) is 2.90. The van der Waals surface area contributed by atoms with Crippen molar-refractivity contribution in [1.82, 2.24) is 9.97 Å². The van der Waals surface area contributed by atoms with Crippen LogP contribution in [0.2, 0.25) is 5.02 Å². The minimum Gasteiger partial charge on any atom is -0.497 e. The summed E-state index contributed by atoms with van der Waals surface area (Å²) in [5, 5.41) is 7.40. The summed E-state index contributed by atoms with van der Waals surface area (Å²) in [6.45, 7) is 0.590. The van der Waals surface area contributed by atoms with Gasteiger partial charge in [-0.3, -0.25) is 0 Å². The molecule has 4 rings (SSSR count). The number of nitrogens with one attached hydrogen (secondary N) is 2. The minimum atomic E-state index is -0.474. The van der Waals surface area contributed by atoms with Crippen LogP contribution < -0.4 is 15.4 Å². The second-order valence-corrected chi connectivity index (χ2v) is 6.78. The number of anilines is 3. The fraction of sp³-hybridized carbons (Fsp3) is 0.0909. The Labute approximate surface area is 172 Å². The van der Waals surface area contributed by atoms with Crippen LogP contribution in [0.4, 0.5) is 21.8 Å². The van der Waals surface area contributed by atoms with Gasteiger partial charge in [-0.15, -0.1) is 0 Å². The molecule has 0 aliphatic heterocycles. The molecule has 0 saturated carbocycles. The normalized spacial score (nSPS) is 10.7. The number of aromatic nitrogens is 2. The second kappa shape index (κ2) is 8.32. The van der Waals surface area contributed by atoms with Crippen molar-refractivity contribution in [2.45, 2.75) is 6.54 Å². The van der Waals surface area contributed by atoms with E-state index < -0.39 is 5.82 Å². The van der Waals surface area contributed by atoms with Crippen LogP contribution in [-0.2, 0) is 6.54 Å². The van der Waals surface area contributed by atoms with Gasteiger partial charge in [0, 0.05) is 17.6 Å². The van der Waals surface area contributed by atoms with Gasteiger partial charge in [0.05, 0.1) is 17.6 Å². The summed E-state index contributed by atoms with van der Waals surface area (Å²) in [6.07, 6.45) is 0. The molecule has 146 valence electrons. The van der Waals surface area contributed by atoms with Gasteiger partial charge in [0.2, 0.25) is 5.95 Å². The highest BCUT2D eigenvalue weighted by atomic mass is 35.5. The lowest BCUT2D eigenvalue weighted by Crippen LogP contribution is -2.06. The maximum Gasteiger partial charge on any atom is 0.229 e. The molecule has 0 aliphatic carbocycles. The molecule has 0 radical (unpaired) electrons. The van der Waals surface area contributed by atoms with Crippen molar-refractivity contribution in [3.05, 3.63) is 83.1 Å². The van der Waals surface area contributed by atoms with Gasteiger partial charge >= 0.3 is 0 Å². The van der Waals surface area contributed by atoms with Crippen molar-refractivity contribution in [2.75, 3.05) is 17.7 Å². The SMILES string of the molecule is COc1ccc(CNc2nc(Nc3ccc(F)c(Cl)c3)nc3ccccc23)cc1. The van der Waals surface area contributed by atoms with E-state index >= 15 is 0 Å². The molecule has 0 saturated heterocycles. The number of hydrogen-bond acceptors (Lipinski definition) is 5. The Morgan fingerprint density at radius 2 is 1.79 bits per heavy atom. The lowest BCUT2D eigenvalue weighted by atomic mass is 10.2. The Hall–Kier alpha value is -3.38. The number of fused-ring (bicyclic) bond motifs is 1. The maximum atomic E-state index is 13.4. The van der Waals surface area contributed by atoms with Crippen molar-refractivity contribution >= 4 is 40.0 Å². The lowest BCUT2D eigenvalue weighted by Gasteiger charge is -2.12. The Balaban J connectivity index is 1.62. The molecule has 3 aromatic carbocycles. The third-order valence-corrected chi connectivity index (χ3v) is 4.69. The van der Waals surface area contributed by atoms with Gasteiger partial charge in [0.25, 0.3) is 0 Å². The third kappa shape index (κ3) is 4.38. The van der Waals surface area contributed by atoms with Gasteiger partial charge in [-0.2, -0.15) is 4.98 Å². The molecule has 2 N–H and O–H groups in total. The number of nitrogens with zero attached hydrogens (tertiary/aromatic N) is 2. The van der Waals surface area contributed by atoms with E-state index in [1.54, 1.807) is 13.2 Å². The van der Waals surface area contributed by atoms with Crippen LogP contribution in [0.15, 0.2) is 66.7 Å². The van der Waals surface area contributed by atoms with E-state index in [1.807, 2.05) is 48.5 Å². The molecule has 0 spiro atoms. The zero-order valence-electron chi connectivity index (χ0n) is 15.6.